The number of carbonyl (C=O) groups is 1. The maximum atomic E-state index is 11.1. The molecule has 1 aliphatic heterocycles. The van der Waals surface area contributed by atoms with Crippen LogP contribution >= 0.6 is 0 Å². The third-order valence-corrected chi connectivity index (χ3v) is 1.67. The van der Waals surface area contributed by atoms with E-state index in [1.807, 2.05) is 0 Å². The van der Waals surface area contributed by atoms with Gasteiger partial charge in [0.2, 0.25) is 0 Å². The van der Waals surface area contributed by atoms with Gasteiger partial charge >= 0.3 is 0 Å². The molecule has 1 rings (SSSR count). The van der Waals surface area contributed by atoms with Crippen molar-refractivity contribution in [1.82, 2.24) is 0 Å². The summed E-state index contributed by atoms with van der Waals surface area (Å²) < 4.78 is 5.00. The molecule has 1 atom stereocenters. The summed E-state index contributed by atoms with van der Waals surface area (Å²) in [6.07, 6.45) is 0.764. The summed E-state index contributed by atoms with van der Waals surface area (Å²) in [5.41, 5.74) is 7.93. The molecule has 5 nitrogen and oxygen atoms in total. The topological polar surface area (TPSA) is 75.1 Å². The Bertz CT molecular complexity index is 192. The van der Waals surface area contributed by atoms with Crippen molar-refractivity contribution in [2.45, 2.75) is 6.42 Å². The number of hydrogen-bond donors (Lipinski definition) is 0. The second-order valence-electron chi connectivity index (χ2n) is 2.42. The minimum absolute atomic E-state index is 0.0136. The Labute approximate surface area is 64.0 Å². The van der Waals surface area contributed by atoms with E-state index >= 15 is 0 Å². The molecule has 11 heavy (non-hydrogen) atoms. The van der Waals surface area contributed by atoms with E-state index in [1.54, 1.807) is 0 Å². The van der Waals surface area contributed by atoms with Crippen LogP contribution in [0.25, 0.3) is 10.4 Å². The first kappa shape index (κ1) is 8.04. The SMILES string of the molecule is [N-]=[N+]=NCC(=O)C1CCOC1. The van der Waals surface area contributed by atoms with Gasteiger partial charge in [0.1, 0.15) is 5.78 Å². The molecule has 1 heterocycles. The van der Waals surface area contributed by atoms with Crippen LogP contribution in [0.1, 0.15) is 6.42 Å². The first-order valence-electron chi connectivity index (χ1n) is 3.46. The lowest BCUT2D eigenvalue weighted by Crippen LogP contribution is -2.16. The van der Waals surface area contributed by atoms with Crippen molar-refractivity contribution in [3.63, 3.8) is 0 Å². The lowest BCUT2D eigenvalue weighted by atomic mass is 10.0. The van der Waals surface area contributed by atoms with Gasteiger partial charge in [0.05, 0.1) is 13.2 Å². The molecule has 0 amide bonds. The van der Waals surface area contributed by atoms with Crippen LogP contribution < -0.4 is 0 Å². The van der Waals surface area contributed by atoms with Crippen LogP contribution in [0, 0.1) is 5.92 Å². The quantitative estimate of drug-likeness (QED) is 0.345. The van der Waals surface area contributed by atoms with Crippen LogP contribution in [0.3, 0.4) is 0 Å². The van der Waals surface area contributed by atoms with Gasteiger partial charge in [-0.05, 0) is 12.0 Å². The minimum Gasteiger partial charge on any atom is -0.381 e. The summed E-state index contributed by atoms with van der Waals surface area (Å²) in [6, 6.07) is 0. The third-order valence-electron chi connectivity index (χ3n) is 1.67. The van der Waals surface area contributed by atoms with Crippen LogP contribution in [0.15, 0.2) is 5.11 Å². The van der Waals surface area contributed by atoms with Crippen molar-refractivity contribution in [2.75, 3.05) is 19.8 Å². The molecule has 0 aromatic rings. The van der Waals surface area contributed by atoms with Gasteiger partial charge in [0.25, 0.3) is 0 Å². The van der Waals surface area contributed by atoms with Gasteiger partial charge in [0, 0.05) is 17.4 Å². The summed E-state index contributed by atoms with van der Waals surface area (Å²) in [5.74, 6) is -0.0548. The highest BCUT2D eigenvalue weighted by Gasteiger charge is 2.22. The predicted octanol–water partition coefficient (Wildman–Crippen LogP) is 0.902. The molecule has 1 saturated heterocycles. The summed E-state index contributed by atoms with van der Waals surface area (Å²) >= 11 is 0. The van der Waals surface area contributed by atoms with Crippen LogP contribution in [-0.2, 0) is 9.53 Å². The highest BCUT2D eigenvalue weighted by Crippen LogP contribution is 2.13. The van der Waals surface area contributed by atoms with Crippen LogP contribution in [0.2, 0.25) is 0 Å². The van der Waals surface area contributed by atoms with Crippen molar-refractivity contribution in [2.24, 2.45) is 11.0 Å². The summed E-state index contributed by atoms with van der Waals surface area (Å²) in [5, 5.41) is 3.19. The molecule has 5 heteroatoms. The second-order valence-corrected chi connectivity index (χ2v) is 2.42. The first-order valence-corrected chi connectivity index (χ1v) is 3.46. The largest absolute Gasteiger partial charge is 0.381 e. The normalized spacial score (nSPS) is 22.7. The fourth-order valence-corrected chi connectivity index (χ4v) is 1.02. The number of Topliss-reactive ketones (excluding diaryl/α,β-unsaturated/α-hetero) is 1. The molecule has 0 spiro atoms. The number of ketones is 1. The first-order chi connectivity index (χ1) is 5.34. The summed E-state index contributed by atoms with van der Waals surface area (Å²) in [6.45, 7) is 1.09. The number of rotatable bonds is 3. The molecule has 1 aliphatic rings. The fraction of sp³-hybridized carbons (Fsp3) is 0.833. The van der Waals surface area contributed by atoms with E-state index in [0.29, 0.717) is 13.2 Å². The molecule has 0 aliphatic carbocycles. The molecule has 0 radical (unpaired) electrons. The molecular formula is C6H9N3O2. The zero-order valence-corrected chi connectivity index (χ0v) is 6.06. The van der Waals surface area contributed by atoms with Gasteiger partial charge in [-0.2, -0.15) is 0 Å². The van der Waals surface area contributed by atoms with Crippen LogP contribution in [-0.4, -0.2) is 25.5 Å². The molecule has 1 fully saturated rings. The van der Waals surface area contributed by atoms with E-state index in [4.69, 9.17) is 10.3 Å². The Morgan fingerprint density at radius 2 is 2.64 bits per heavy atom. The van der Waals surface area contributed by atoms with Gasteiger partial charge in [-0.1, -0.05) is 5.11 Å². The molecule has 1 unspecified atom stereocenters. The monoisotopic (exact) mass is 155 g/mol. The number of hydrogen-bond acceptors (Lipinski definition) is 3. The van der Waals surface area contributed by atoms with E-state index in [2.05, 4.69) is 10.0 Å². The molecule has 0 aromatic carbocycles. The van der Waals surface area contributed by atoms with E-state index in [0.717, 1.165) is 6.42 Å². The van der Waals surface area contributed by atoms with E-state index in [1.165, 1.54) is 0 Å². The fourth-order valence-electron chi connectivity index (χ4n) is 1.02. The second kappa shape index (κ2) is 3.95. The van der Waals surface area contributed by atoms with Gasteiger partial charge in [-0.15, -0.1) is 0 Å². The van der Waals surface area contributed by atoms with Crippen molar-refractivity contribution >= 4 is 5.78 Å². The Morgan fingerprint density at radius 3 is 3.18 bits per heavy atom. The smallest absolute Gasteiger partial charge is 0.144 e. The number of ether oxygens (including phenoxy) is 1. The van der Waals surface area contributed by atoms with Crippen LogP contribution in [0.5, 0.6) is 0 Å². The van der Waals surface area contributed by atoms with Crippen LogP contribution in [0.4, 0.5) is 0 Å². The van der Waals surface area contributed by atoms with Crippen molar-refractivity contribution in [1.29, 1.82) is 0 Å². The maximum Gasteiger partial charge on any atom is 0.144 e. The van der Waals surface area contributed by atoms with E-state index < -0.39 is 0 Å². The minimum atomic E-state index is -0.0412. The Hall–Kier alpha value is -1.06. The van der Waals surface area contributed by atoms with Crippen molar-refractivity contribution in [3.8, 4) is 0 Å². The zero-order chi connectivity index (χ0) is 8.10. The maximum absolute atomic E-state index is 11.1. The van der Waals surface area contributed by atoms with Gasteiger partial charge < -0.3 is 4.74 Å². The Kier molecular flexibility index (Phi) is 2.89. The van der Waals surface area contributed by atoms with Crippen molar-refractivity contribution in [3.05, 3.63) is 10.4 Å². The van der Waals surface area contributed by atoms with Gasteiger partial charge in [0.15, 0.2) is 0 Å². The number of carbonyl (C=O) groups excluding carboxylic acids is 1. The molecule has 0 N–H and O–H groups in total. The Balaban J connectivity index is 2.34. The molecule has 60 valence electrons. The number of azide groups is 1. The predicted molar refractivity (Wildman–Crippen MR) is 37.9 cm³/mol. The molecule has 0 aromatic heterocycles. The number of nitrogens with zero attached hydrogens (tertiary/aromatic N) is 3. The highest BCUT2D eigenvalue weighted by molar-refractivity contribution is 5.83. The average Bonchev–Trinajstić information content (AvgIpc) is 2.52. The third kappa shape index (κ3) is 2.22. The average molecular weight is 155 g/mol. The van der Waals surface area contributed by atoms with E-state index in [-0.39, 0.29) is 18.2 Å². The summed E-state index contributed by atoms with van der Waals surface area (Å²) in [7, 11) is 0. The van der Waals surface area contributed by atoms with Crippen molar-refractivity contribution < 1.29 is 9.53 Å². The zero-order valence-electron chi connectivity index (χ0n) is 6.06. The Morgan fingerprint density at radius 1 is 1.82 bits per heavy atom. The van der Waals surface area contributed by atoms with Gasteiger partial charge in [-0.3, -0.25) is 4.79 Å². The van der Waals surface area contributed by atoms with Gasteiger partial charge in [-0.25, -0.2) is 0 Å². The summed E-state index contributed by atoms with van der Waals surface area (Å²) in [4.78, 5) is 13.6. The highest BCUT2D eigenvalue weighted by atomic mass is 16.5. The lowest BCUT2D eigenvalue weighted by molar-refractivity contribution is -0.121. The molecule has 0 bridgehead atoms. The van der Waals surface area contributed by atoms with E-state index in [9.17, 15) is 4.79 Å². The standard InChI is InChI=1S/C6H9N3O2/c7-9-8-3-6(10)5-1-2-11-4-5/h5H,1-4H2. The molecule has 0 saturated carbocycles. The lowest BCUT2D eigenvalue weighted by Gasteiger charge is -2.01. The molecular weight excluding hydrogens is 146 g/mol.